The van der Waals surface area contributed by atoms with Gasteiger partial charge in [-0.15, -0.1) is 0 Å². The van der Waals surface area contributed by atoms with Crippen LogP contribution in [0.4, 0.5) is 17.6 Å². The van der Waals surface area contributed by atoms with Gasteiger partial charge in [-0.1, -0.05) is 0 Å². The highest BCUT2D eigenvalue weighted by Gasteiger charge is 2.49. The lowest BCUT2D eigenvalue weighted by Crippen LogP contribution is -2.50. The molecule has 100 valence electrons. The first-order chi connectivity index (χ1) is 7.55. The van der Waals surface area contributed by atoms with E-state index in [4.69, 9.17) is 0 Å². The fourth-order valence-electron chi connectivity index (χ4n) is 0.937. The van der Waals surface area contributed by atoms with Crippen LogP contribution in [0.5, 0.6) is 0 Å². The molecule has 0 heterocycles. The number of hydrogen-bond acceptors (Lipinski definition) is 2. The number of amides is 2. The molecule has 0 aromatic rings. The van der Waals surface area contributed by atoms with Crippen molar-refractivity contribution in [1.82, 2.24) is 10.6 Å². The summed E-state index contributed by atoms with van der Waals surface area (Å²) >= 11 is 0. The molecular formula is C9H14F4N2O2. The van der Waals surface area contributed by atoms with Crippen LogP contribution < -0.4 is 10.6 Å². The summed E-state index contributed by atoms with van der Waals surface area (Å²) in [6.45, 7) is 2.30. The molecule has 0 aliphatic heterocycles. The SMILES string of the molecule is CNC(=O)C(C)(C)CNC(=O)C(F)(F)C(F)F. The normalized spacial score (nSPS) is 12.5. The standard InChI is InChI=1S/C9H14F4N2O2/c1-8(2,6(16)14-3)4-15-7(17)9(12,13)5(10)11/h5H,4H2,1-3H3,(H,14,16)(H,15,17). The Morgan fingerprint density at radius 1 is 1.18 bits per heavy atom. The summed E-state index contributed by atoms with van der Waals surface area (Å²) in [4.78, 5) is 22.0. The summed E-state index contributed by atoms with van der Waals surface area (Å²) in [6, 6.07) is 0. The van der Waals surface area contributed by atoms with E-state index in [0.717, 1.165) is 0 Å². The van der Waals surface area contributed by atoms with E-state index in [2.05, 4.69) is 5.32 Å². The smallest absolute Gasteiger partial charge is 0.359 e. The lowest BCUT2D eigenvalue weighted by atomic mass is 9.92. The molecule has 0 unspecified atom stereocenters. The van der Waals surface area contributed by atoms with Gasteiger partial charge in [0.1, 0.15) is 0 Å². The van der Waals surface area contributed by atoms with Crippen LogP contribution in [0.2, 0.25) is 0 Å². The number of alkyl halides is 4. The molecule has 2 N–H and O–H groups in total. The molecule has 0 saturated carbocycles. The molecule has 0 atom stereocenters. The Labute approximate surface area is 95.7 Å². The second-order valence-electron chi connectivity index (χ2n) is 4.07. The number of rotatable bonds is 5. The van der Waals surface area contributed by atoms with Gasteiger partial charge in [-0.2, -0.15) is 8.78 Å². The number of hydrogen-bond donors (Lipinski definition) is 2. The van der Waals surface area contributed by atoms with Crippen LogP contribution in [0, 0.1) is 5.41 Å². The Balaban J connectivity index is 4.50. The molecule has 0 spiro atoms. The maximum absolute atomic E-state index is 12.5. The fraction of sp³-hybridized carbons (Fsp3) is 0.778. The third kappa shape index (κ3) is 3.86. The second kappa shape index (κ2) is 5.33. The van der Waals surface area contributed by atoms with Crippen molar-refractivity contribution in [3.05, 3.63) is 0 Å². The van der Waals surface area contributed by atoms with Gasteiger partial charge < -0.3 is 10.6 Å². The van der Waals surface area contributed by atoms with Crippen LogP contribution in [0.25, 0.3) is 0 Å². The maximum atomic E-state index is 12.5. The largest absolute Gasteiger partial charge is 0.383 e. The van der Waals surface area contributed by atoms with E-state index in [9.17, 15) is 27.2 Å². The van der Waals surface area contributed by atoms with E-state index in [1.807, 2.05) is 0 Å². The lowest BCUT2D eigenvalue weighted by Gasteiger charge is -2.24. The highest BCUT2D eigenvalue weighted by atomic mass is 19.3. The summed E-state index contributed by atoms with van der Waals surface area (Å²) in [5, 5.41) is 3.89. The van der Waals surface area contributed by atoms with Crippen LogP contribution >= 0.6 is 0 Å². The predicted molar refractivity (Wildman–Crippen MR) is 51.8 cm³/mol. The zero-order valence-electron chi connectivity index (χ0n) is 9.61. The highest BCUT2D eigenvalue weighted by molar-refractivity contribution is 5.86. The number of halogens is 4. The Bertz CT molecular complexity index is 305. The van der Waals surface area contributed by atoms with Gasteiger partial charge >= 0.3 is 12.3 Å². The average molecular weight is 258 g/mol. The van der Waals surface area contributed by atoms with Crippen molar-refractivity contribution < 1.29 is 27.2 Å². The van der Waals surface area contributed by atoms with Crippen molar-refractivity contribution in [1.29, 1.82) is 0 Å². The summed E-state index contributed by atoms with van der Waals surface area (Å²) in [7, 11) is 1.33. The van der Waals surface area contributed by atoms with Gasteiger partial charge in [0, 0.05) is 13.6 Å². The first kappa shape index (κ1) is 15.7. The maximum Gasteiger partial charge on any atom is 0.383 e. The van der Waals surface area contributed by atoms with Crippen LogP contribution in [0.1, 0.15) is 13.8 Å². The van der Waals surface area contributed by atoms with Crippen LogP contribution in [-0.2, 0) is 9.59 Å². The molecule has 4 nitrogen and oxygen atoms in total. The Kier molecular flexibility index (Phi) is 4.91. The van der Waals surface area contributed by atoms with Crippen molar-refractivity contribution in [2.45, 2.75) is 26.2 Å². The van der Waals surface area contributed by atoms with Crippen LogP contribution in [0.15, 0.2) is 0 Å². The zero-order valence-corrected chi connectivity index (χ0v) is 9.61. The topological polar surface area (TPSA) is 58.2 Å². The molecule has 0 aliphatic rings. The van der Waals surface area contributed by atoms with Crippen molar-refractivity contribution in [3.63, 3.8) is 0 Å². The van der Waals surface area contributed by atoms with Crippen molar-refractivity contribution in [3.8, 4) is 0 Å². The van der Waals surface area contributed by atoms with Crippen molar-refractivity contribution in [2.75, 3.05) is 13.6 Å². The third-order valence-electron chi connectivity index (χ3n) is 2.11. The van der Waals surface area contributed by atoms with E-state index < -0.39 is 36.1 Å². The highest BCUT2D eigenvalue weighted by Crippen LogP contribution is 2.23. The minimum Gasteiger partial charge on any atom is -0.359 e. The molecule has 2 amide bonds. The van der Waals surface area contributed by atoms with E-state index >= 15 is 0 Å². The summed E-state index contributed by atoms with van der Waals surface area (Å²) in [6.07, 6.45) is -4.08. The van der Waals surface area contributed by atoms with Gasteiger partial charge in [-0.05, 0) is 13.8 Å². The Morgan fingerprint density at radius 3 is 2.00 bits per heavy atom. The minimum atomic E-state index is -4.75. The molecule has 0 aromatic heterocycles. The average Bonchev–Trinajstić information content (AvgIpc) is 2.24. The monoisotopic (exact) mass is 258 g/mol. The molecule has 0 fully saturated rings. The summed E-state index contributed by atoms with van der Waals surface area (Å²) in [5.74, 6) is -7.35. The second-order valence-corrected chi connectivity index (χ2v) is 4.07. The fourth-order valence-corrected chi connectivity index (χ4v) is 0.937. The predicted octanol–water partition coefficient (Wildman–Crippen LogP) is 0.775. The van der Waals surface area contributed by atoms with Gasteiger partial charge in [0.2, 0.25) is 5.91 Å². The lowest BCUT2D eigenvalue weighted by molar-refractivity contribution is -0.169. The molecule has 0 radical (unpaired) electrons. The van der Waals surface area contributed by atoms with Gasteiger partial charge in [0.25, 0.3) is 5.91 Å². The van der Waals surface area contributed by atoms with E-state index in [1.54, 1.807) is 5.32 Å². The Morgan fingerprint density at radius 2 is 1.65 bits per heavy atom. The van der Waals surface area contributed by atoms with Gasteiger partial charge in [0.15, 0.2) is 0 Å². The molecule has 0 rings (SSSR count). The molecule has 0 bridgehead atoms. The first-order valence-corrected chi connectivity index (χ1v) is 4.72. The summed E-state index contributed by atoms with van der Waals surface area (Å²) in [5.41, 5.74) is -1.16. The molecule has 0 aromatic carbocycles. The van der Waals surface area contributed by atoms with E-state index in [1.165, 1.54) is 20.9 Å². The van der Waals surface area contributed by atoms with E-state index in [-0.39, 0.29) is 0 Å². The van der Waals surface area contributed by atoms with E-state index in [0.29, 0.717) is 0 Å². The van der Waals surface area contributed by atoms with Crippen LogP contribution in [-0.4, -0.2) is 37.8 Å². The molecule has 0 saturated heterocycles. The first-order valence-electron chi connectivity index (χ1n) is 4.72. The molecular weight excluding hydrogens is 244 g/mol. The quantitative estimate of drug-likeness (QED) is 0.716. The minimum absolute atomic E-state index is 0.464. The number of carbonyl (C=O) groups excluding carboxylic acids is 2. The third-order valence-corrected chi connectivity index (χ3v) is 2.11. The molecule has 17 heavy (non-hydrogen) atoms. The van der Waals surface area contributed by atoms with Crippen LogP contribution in [0.3, 0.4) is 0 Å². The van der Waals surface area contributed by atoms with Gasteiger partial charge in [-0.25, -0.2) is 8.78 Å². The molecule has 8 heteroatoms. The number of carbonyl (C=O) groups is 2. The Hall–Kier alpha value is -1.34. The van der Waals surface area contributed by atoms with Crippen molar-refractivity contribution in [2.24, 2.45) is 5.41 Å². The zero-order chi connectivity index (χ0) is 13.9. The van der Waals surface area contributed by atoms with Gasteiger partial charge in [-0.3, -0.25) is 9.59 Å². The number of nitrogens with one attached hydrogen (secondary N) is 2. The molecule has 0 aliphatic carbocycles. The van der Waals surface area contributed by atoms with Gasteiger partial charge in [0.05, 0.1) is 5.41 Å². The summed E-state index contributed by atoms with van der Waals surface area (Å²) < 4.78 is 48.7. The van der Waals surface area contributed by atoms with Crippen molar-refractivity contribution >= 4 is 11.8 Å².